The van der Waals surface area contributed by atoms with E-state index in [1.54, 1.807) is 0 Å². The van der Waals surface area contributed by atoms with Crippen molar-refractivity contribution in [3.8, 4) is 0 Å². The van der Waals surface area contributed by atoms with E-state index in [1.807, 2.05) is 42.5 Å². The average Bonchev–Trinajstić information content (AvgIpc) is 2.83. The van der Waals surface area contributed by atoms with Gasteiger partial charge in [0.1, 0.15) is 16.8 Å². The van der Waals surface area contributed by atoms with E-state index in [0.717, 1.165) is 46.3 Å². The van der Waals surface area contributed by atoms with Crippen molar-refractivity contribution < 1.29 is 17.6 Å². The van der Waals surface area contributed by atoms with Crippen molar-refractivity contribution in [2.24, 2.45) is 0 Å². The quantitative estimate of drug-likeness (QED) is 0.631. The van der Waals surface area contributed by atoms with E-state index in [0.29, 0.717) is 0 Å². The van der Waals surface area contributed by atoms with Crippen LogP contribution >= 0.6 is 0 Å². The molecular weight excluding hydrogens is 439 g/mol. The lowest BCUT2D eigenvalue weighted by molar-refractivity contribution is -0.126. The summed E-state index contributed by atoms with van der Waals surface area (Å²) in [5, 5.41) is 3.10. The first kappa shape index (κ1) is 21.8. The molecule has 33 heavy (non-hydrogen) atoms. The van der Waals surface area contributed by atoms with Crippen molar-refractivity contribution in [2.45, 2.75) is 49.2 Å². The molecule has 3 aromatic rings. The molecule has 0 fully saturated rings. The van der Waals surface area contributed by atoms with Crippen LogP contribution in [0.25, 0.3) is 0 Å². The Balaban J connectivity index is 1.50. The molecule has 0 saturated heterocycles. The molecule has 1 amide bonds. The number of carbonyl (C=O) groups is 1. The SMILES string of the molecule is O=C(N[C@@H]1CCCc2ccccc21)[C@@H]1Cc2ccccc2CN1S(=O)(=O)c1ccccc1F. The van der Waals surface area contributed by atoms with Crippen molar-refractivity contribution in [3.63, 3.8) is 0 Å². The molecule has 1 aliphatic heterocycles. The van der Waals surface area contributed by atoms with Crippen LogP contribution in [0.15, 0.2) is 77.7 Å². The van der Waals surface area contributed by atoms with E-state index < -0.39 is 26.8 Å². The smallest absolute Gasteiger partial charge is 0.247 e. The normalized spacial score (nSPS) is 20.5. The van der Waals surface area contributed by atoms with Crippen LogP contribution < -0.4 is 5.32 Å². The Bertz CT molecular complexity index is 1310. The molecule has 0 saturated carbocycles. The van der Waals surface area contributed by atoms with Gasteiger partial charge in [-0.1, -0.05) is 60.7 Å². The van der Waals surface area contributed by atoms with Gasteiger partial charge in [0.05, 0.1) is 6.04 Å². The van der Waals surface area contributed by atoms with Gasteiger partial charge < -0.3 is 5.32 Å². The third-order valence-corrected chi connectivity index (χ3v) is 8.51. The fourth-order valence-electron chi connectivity index (χ4n) is 4.93. The Kier molecular flexibility index (Phi) is 5.76. The summed E-state index contributed by atoms with van der Waals surface area (Å²) in [4.78, 5) is 13.1. The van der Waals surface area contributed by atoms with E-state index in [9.17, 15) is 17.6 Å². The van der Waals surface area contributed by atoms with Gasteiger partial charge in [-0.05, 0) is 60.1 Å². The van der Waals surface area contributed by atoms with Gasteiger partial charge >= 0.3 is 0 Å². The minimum absolute atomic E-state index is 0.0200. The van der Waals surface area contributed by atoms with Gasteiger partial charge in [0.2, 0.25) is 15.9 Å². The third-order valence-electron chi connectivity index (χ3n) is 6.62. The number of amides is 1. The predicted octanol–water partition coefficient (Wildman–Crippen LogP) is 4.14. The van der Waals surface area contributed by atoms with Crippen LogP contribution in [0.4, 0.5) is 4.39 Å². The van der Waals surface area contributed by atoms with Crippen LogP contribution in [-0.4, -0.2) is 24.7 Å². The number of aryl methyl sites for hydroxylation is 1. The van der Waals surface area contributed by atoms with E-state index in [-0.39, 0.29) is 24.9 Å². The molecule has 2 aliphatic rings. The number of sulfonamides is 1. The van der Waals surface area contributed by atoms with Gasteiger partial charge in [0, 0.05) is 6.54 Å². The number of benzene rings is 3. The van der Waals surface area contributed by atoms with Crippen molar-refractivity contribution in [3.05, 3.63) is 101 Å². The Morgan fingerprint density at radius 2 is 1.58 bits per heavy atom. The zero-order valence-electron chi connectivity index (χ0n) is 18.1. The summed E-state index contributed by atoms with van der Waals surface area (Å²) < 4.78 is 42.7. The first-order valence-corrected chi connectivity index (χ1v) is 12.6. The highest BCUT2D eigenvalue weighted by Crippen LogP contribution is 2.33. The van der Waals surface area contributed by atoms with Gasteiger partial charge in [-0.15, -0.1) is 0 Å². The number of rotatable bonds is 4. The summed E-state index contributed by atoms with van der Waals surface area (Å²) in [6, 6.07) is 19.7. The van der Waals surface area contributed by atoms with Gasteiger partial charge in [0.25, 0.3) is 0 Å². The van der Waals surface area contributed by atoms with Crippen molar-refractivity contribution in [2.75, 3.05) is 0 Å². The zero-order chi connectivity index (χ0) is 23.0. The first-order valence-electron chi connectivity index (χ1n) is 11.2. The number of fused-ring (bicyclic) bond motifs is 2. The maximum atomic E-state index is 14.5. The predicted molar refractivity (Wildman–Crippen MR) is 123 cm³/mol. The molecule has 1 N–H and O–H groups in total. The fourth-order valence-corrected chi connectivity index (χ4v) is 6.56. The first-order chi connectivity index (χ1) is 15.9. The van der Waals surface area contributed by atoms with Crippen molar-refractivity contribution in [1.29, 1.82) is 0 Å². The molecule has 7 heteroatoms. The molecule has 0 bridgehead atoms. The molecule has 0 spiro atoms. The molecule has 1 aliphatic carbocycles. The second-order valence-corrected chi connectivity index (χ2v) is 10.5. The maximum absolute atomic E-state index is 14.5. The van der Waals surface area contributed by atoms with Crippen LogP contribution in [0.3, 0.4) is 0 Å². The van der Waals surface area contributed by atoms with Gasteiger partial charge in [-0.25, -0.2) is 12.8 Å². The van der Waals surface area contributed by atoms with Crippen LogP contribution in [0.1, 0.15) is 41.1 Å². The lowest BCUT2D eigenvalue weighted by Gasteiger charge is -2.36. The van der Waals surface area contributed by atoms with E-state index in [2.05, 4.69) is 11.4 Å². The summed E-state index contributed by atoms with van der Waals surface area (Å²) in [6.45, 7) is 0.0200. The summed E-state index contributed by atoms with van der Waals surface area (Å²) in [7, 11) is -4.23. The Hall–Kier alpha value is -3.03. The van der Waals surface area contributed by atoms with Gasteiger partial charge in [-0.2, -0.15) is 4.31 Å². The largest absolute Gasteiger partial charge is 0.348 e. The Morgan fingerprint density at radius 3 is 2.36 bits per heavy atom. The summed E-state index contributed by atoms with van der Waals surface area (Å²) in [6.07, 6.45) is 2.95. The number of halogens is 1. The van der Waals surface area contributed by atoms with E-state index in [1.165, 1.54) is 23.8 Å². The lowest BCUT2D eigenvalue weighted by atomic mass is 9.87. The number of hydrogen-bond acceptors (Lipinski definition) is 3. The molecule has 2 atom stereocenters. The second-order valence-electron chi connectivity index (χ2n) is 8.62. The van der Waals surface area contributed by atoms with Crippen LogP contribution in [0, 0.1) is 5.82 Å². The highest BCUT2D eigenvalue weighted by atomic mass is 32.2. The Morgan fingerprint density at radius 1 is 0.909 bits per heavy atom. The monoisotopic (exact) mass is 464 g/mol. The summed E-state index contributed by atoms with van der Waals surface area (Å²) >= 11 is 0. The molecular formula is C26H25FN2O3S. The molecule has 0 unspecified atom stereocenters. The highest BCUT2D eigenvalue weighted by molar-refractivity contribution is 7.89. The summed E-state index contributed by atoms with van der Waals surface area (Å²) in [5.74, 6) is -1.18. The third kappa shape index (κ3) is 4.07. The number of nitrogens with zero attached hydrogens (tertiary/aromatic N) is 1. The van der Waals surface area contributed by atoms with Gasteiger partial charge in [0.15, 0.2) is 0 Å². The molecule has 3 aromatic carbocycles. The maximum Gasteiger partial charge on any atom is 0.247 e. The molecule has 5 rings (SSSR count). The molecule has 0 aromatic heterocycles. The average molecular weight is 465 g/mol. The van der Waals surface area contributed by atoms with Gasteiger partial charge in [-0.3, -0.25) is 4.79 Å². The number of nitrogens with one attached hydrogen (secondary N) is 1. The number of hydrogen-bond donors (Lipinski definition) is 1. The zero-order valence-corrected chi connectivity index (χ0v) is 18.9. The highest BCUT2D eigenvalue weighted by Gasteiger charge is 2.41. The van der Waals surface area contributed by atoms with Crippen LogP contribution in [0.2, 0.25) is 0 Å². The second kappa shape index (κ2) is 8.72. The summed E-state index contributed by atoms with van der Waals surface area (Å²) in [5.41, 5.74) is 4.04. The number of carbonyl (C=O) groups excluding carboxylic acids is 1. The molecule has 5 nitrogen and oxygen atoms in total. The topological polar surface area (TPSA) is 66.5 Å². The standard InChI is InChI=1S/C26H25FN2O3S/c27-22-13-5-6-15-25(22)33(31,32)29-17-20-10-2-1-9-19(20)16-24(29)26(30)28-23-14-7-11-18-8-3-4-12-21(18)23/h1-6,8-10,12-13,15,23-24H,7,11,14,16-17H2,(H,28,30)/t23-,24+/m1/s1. The fraction of sp³-hybridized carbons (Fsp3) is 0.269. The van der Waals surface area contributed by atoms with Crippen LogP contribution in [0.5, 0.6) is 0 Å². The van der Waals surface area contributed by atoms with Crippen molar-refractivity contribution >= 4 is 15.9 Å². The minimum Gasteiger partial charge on any atom is -0.348 e. The molecule has 170 valence electrons. The molecule has 1 heterocycles. The Labute approximate surface area is 193 Å². The van der Waals surface area contributed by atoms with Crippen LogP contribution in [-0.2, 0) is 34.2 Å². The minimum atomic E-state index is -4.23. The van der Waals surface area contributed by atoms with E-state index in [4.69, 9.17) is 0 Å². The van der Waals surface area contributed by atoms with Crippen molar-refractivity contribution in [1.82, 2.24) is 9.62 Å². The molecule has 0 radical (unpaired) electrons. The lowest BCUT2D eigenvalue weighted by Crippen LogP contribution is -2.53. The van der Waals surface area contributed by atoms with E-state index >= 15 is 0 Å².